The molecule has 5 nitrogen and oxygen atoms in total. The summed E-state index contributed by atoms with van der Waals surface area (Å²) >= 11 is 1.85. The van der Waals surface area contributed by atoms with Gasteiger partial charge in [0.2, 0.25) is 0 Å². The second-order valence-electron chi connectivity index (χ2n) is 5.49. The minimum absolute atomic E-state index is 0.740. The molecule has 0 aromatic carbocycles. The van der Waals surface area contributed by atoms with Crippen LogP contribution >= 0.6 is 11.3 Å². The van der Waals surface area contributed by atoms with Crippen LogP contribution in [0.15, 0.2) is 17.1 Å². The van der Waals surface area contributed by atoms with E-state index in [0.29, 0.717) is 0 Å². The number of ether oxygens (including phenoxy) is 1. The van der Waals surface area contributed by atoms with E-state index in [2.05, 4.69) is 53.6 Å². The van der Waals surface area contributed by atoms with Gasteiger partial charge in [-0.2, -0.15) is 0 Å². The minimum Gasteiger partial charge on any atom is -0.385 e. The maximum Gasteiger partial charge on any atom is 0.191 e. The van der Waals surface area contributed by atoms with E-state index in [1.54, 1.807) is 7.11 Å². The van der Waals surface area contributed by atoms with E-state index >= 15 is 0 Å². The molecule has 23 heavy (non-hydrogen) atoms. The van der Waals surface area contributed by atoms with Crippen molar-refractivity contribution in [2.75, 3.05) is 46.9 Å². The van der Waals surface area contributed by atoms with Crippen LogP contribution in [0.2, 0.25) is 0 Å². The number of nitrogens with zero attached hydrogens (tertiary/aromatic N) is 2. The van der Waals surface area contributed by atoms with Gasteiger partial charge in [-0.3, -0.25) is 0 Å². The van der Waals surface area contributed by atoms with Crippen molar-refractivity contribution in [1.29, 1.82) is 0 Å². The van der Waals surface area contributed by atoms with Crippen molar-refractivity contribution in [1.82, 2.24) is 15.5 Å². The molecule has 0 saturated heterocycles. The van der Waals surface area contributed by atoms with Gasteiger partial charge in [0.05, 0.1) is 6.54 Å². The SMILES string of the molecule is CCNC(=NCc1ccc(CC)s1)NCCN(C)CCCOC. The number of methoxy groups -OCH3 is 1. The van der Waals surface area contributed by atoms with Crippen molar-refractivity contribution >= 4 is 17.3 Å². The lowest BCUT2D eigenvalue weighted by atomic mass is 10.4. The standard InChI is InChI=1S/C17H32N4OS/c1-5-15-8-9-16(23-15)14-20-17(18-6-2)19-10-12-21(3)11-7-13-22-4/h8-9H,5-7,10-14H2,1-4H3,(H2,18,19,20). The zero-order chi connectivity index (χ0) is 16.9. The Morgan fingerprint density at radius 3 is 2.65 bits per heavy atom. The number of aliphatic imine (C=N–C) groups is 1. The summed E-state index contributed by atoms with van der Waals surface area (Å²) in [6.45, 7) is 9.65. The topological polar surface area (TPSA) is 48.9 Å². The summed E-state index contributed by atoms with van der Waals surface area (Å²) in [5.74, 6) is 0.893. The summed E-state index contributed by atoms with van der Waals surface area (Å²) in [6, 6.07) is 4.38. The van der Waals surface area contributed by atoms with E-state index in [1.807, 2.05) is 11.3 Å². The van der Waals surface area contributed by atoms with Crippen LogP contribution in [0.4, 0.5) is 0 Å². The van der Waals surface area contributed by atoms with Gasteiger partial charge in [-0.05, 0) is 38.9 Å². The summed E-state index contributed by atoms with van der Waals surface area (Å²) in [6.07, 6.45) is 2.17. The third-order valence-electron chi connectivity index (χ3n) is 3.48. The van der Waals surface area contributed by atoms with E-state index in [9.17, 15) is 0 Å². The van der Waals surface area contributed by atoms with Gasteiger partial charge in [-0.25, -0.2) is 4.99 Å². The van der Waals surface area contributed by atoms with Gasteiger partial charge < -0.3 is 20.3 Å². The van der Waals surface area contributed by atoms with Crippen LogP contribution in [0.1, 0.15) is 30.0 Å². The van der Waals surface area contributed by atoms with E-state index in [1.165, 1.54) is 9.75 Å². The molecule has 0 saturated carbocycles. The number of thiophene rings is 1. The number of aryl methyl sites for hydroxylation is 1. The van der Waals surface area contributed by atoms with Crippen LogP contribution in [-0.4, -0.2) is 57.8 Å². The Kier molecular flexibility index (Phi) is 10.7. The van der Waals surface area contributed by atoms with Gasteiger partial charge in [0.15, 0.2) is 5.96 Å². The molecule has 1 rings (SSSR count). The largest absolute Gasteiger partial charge is 0.385 e. The number of hydrogen-bond acceptors (Lipinski definition) is 4. The summed E-state index contributed by atoms with van der Waals surface area (Å²) in [5, 5.41) is 6.71. The number of likely N-dealkylation sites (N-methyl/N-ethyl adjacent to an activating group) is 1. The average Bonchev–Trinajstić information content (AvgIpc) is 3.01. The minimum atomic E-state index is 0.740. The molecule has 0 amide bonds. The van der Waals surface area contributed by atoms with Gasteiger partial charge in [0.25, 0.3) is 0 Å². The maximum atomic E-state index is 5.08. The first kappa shape index (κ1) is 19.9. The highest BCUT2D eigenvalue weighted by atomic mass is 32.1. The van der Waals surface area contributed by atoms with Gasteiger partial charge in [-0.1, -0.05) is 6.92 Å². The van der Waals surface area contributed by atoms with E-state index < -0.39 is 0 Å². The van der Waals surface area contributed by atoms with Crippen LogP contribution in [0.5, 0.6) is 0 Å². The number of hydrogen-bond donors (Lipinski definition) is 2. The van der Waals surface area contributed by atoms with E-state index in [4.69, 9.17) is 4.74 Å². The molecule has 0 unspecified atom stereocenters. The fourth-order valence-corrected chi connectivity index (χ4v) is 3.03. The highest BCUT2D eigenvalue weighted by Crippen LogP contribution is 2.17. The molecule has 0 spiro atoms. The van der Waals surface area contributed by atoms with Crippen LogP contribution < -0.4 is 10.6 Å². The Balaban J connectivity index is 2.34. The molecule has 0 aliphatic heterocycles. The second kappa shape index (κ2) is 12.3. The third-order valence-corrected chi connectivity index (χ3v) is 4.69. The molecule has 2 N–H and O–H groups in total. The molecule has 1 aromatic rings. The zero-order valence-corrected chi connectivity index (χ0v) is 15.8. The molecule has 0 radical (unpaired) electrons. The smallest absolute Gasteiger partial charge is 0.191 e. The maximum absolute atomic E-state index is 5.08. The fourth-order valence-electron chi connectivity index (χ4n) is 2.15. The van der Waals surface area contributed by atoms with Crippen molar-refractivity contribution in [3.63, 3.8) is 0 Å². The number of rotatable bonds is 11. The number of nitrogens with one attached hydrogen (secondary N) is 2. The van der Waals surface area contributed by atoms with Crippen molar-refractivity contribution in [3.8, 4) is 0 Å². The Bertz CT molecular complexity index is 448. The van der Waals surface area contributed by atoms with Crippen LogP contribution in [0.3, 0.4) is 0 Å². The average molecular weight is 341 g/mol. The Hall–Kier alpha value is -1.11. The first-order valence-corrected chi connectivity index (χ1v) is 9.28. The Morgan fingerprint density at radius 2 is 2.00 bits per heavy atom. The predicted molar refractivity (Wildman–Crippen MR) is 101 cm³/mol. The van der Waals surface area contributed by atoms with Crippen molar-refractivity contribution in [2.24, 2.45) is 4.99 Å². The molecule has 1 heterocycles. The summed E-state index contributed by atoms with van der Waals surface area (Å²) in [5.41, 5.74) is 0. The Morgan fingerprint density at radius 1 is 1.22 bits per heavy atom. The molecule has 6 heteroatoms. The lowest BCUT2D eigenvalue weighted by Crippen LogP contribution is -2.41. The number of guanidine groups is 1. The quantitative estimate of drug-likeness (QED) is 0.369. The molecule has 0 atom stereocenters. The van der Waals surface area contributed by atoms with Gasteiger partial charge in [-0.15, -0.1) is 11.3 Å². The molecule has 132 valence electrons. The summed E-state index contributed by atoms with van der Waals surface area (Å²) in [4.78, 5) is 9.72. The van der Waals surface area contributed by atoms with Crippen LogP contribution in [0, 0.1) is 0 Å². The molecule has 0 bridgehead atoms. The monoisotopic (exact) mass is 340 g/mol. The van der Waals surface area contributed by atoms with Crippen molar-refractivity contribution < 1.29 is 4.74 Å². The first-order chi connectivity index (χ1) is 11.2. The molecular formula is C17H32N4OS. The van der Waals surface area contributed by atoms with E-state index in [0.717, 1.165) is 58.1 Å². The normalized spacial score (nSPS) is 12.0. The molecule has 0 aliphatic carbocycles. The molecule has 1 aromatic heterocycles. The molecule has 0 fully saturated rings. The summed E-state index contributed by atoms with van der Waals surface area (Å²) < 4.78 is 5.08. The molecule has 0 aliphatic rings. The van der Waals surface area contributed by atoms with E-state index in [-0.39, 0.29) is 0 Å². The highest BCUT2D eigenvalue weighted by Gasteiger charge is 2.02. The fraction of sp³-hybridized carbons (Fsp3) is 0.706. The predicted octanol–water partition coefficient (Wildman–Crippen LogP) is 2.33. The zero-order valence-electron chi connectivity index (χ0n) is 15.0. The van der Waals surface area contributed by atoms with Crippen LogP contribution in [-0.2, 0) is 17.7 Å². The van der Waals surface area contributed by atoms with Gasteiger partial charge in [0.1, 0.15) is 0 Å². The Labute approximate surface area is 145 Å². The lowest BCUT2D eigenvalue weighted by Gasteiger charge is -2.18. The third kappa shape index (κ3) is 8.93. The van der Waals surface area contributed by atoms with Crippen molar-refractivity contribution in [3.05, 3.63) is 21.9 Å². The van der Waals surface area contributed by atoms with Crippen LogP contribution in [0.25, 0.3) is 0 Å². The van der Waals surface area contributed by atoms with Gasteiger partial charge >= 0.3 is 0 Å². The summed E-state index contributed by atoms with van der Waals surface area (Å²) in [7, 11) is 3.89. The highest BCUT2D eigenvalue weighted by molar-refractivity contribution is 7.11. The lowest BCUT2D eigenvalue weighted by molar-refractivity contribution is 0.180. The molecular weight excluding hydrogens is 308 g/mol. The van der Waals surface area contributed by atoms with Gasteiger partial charge in [0, 0.05) is 49.6 Å². The second-order valence-corrected chi connectivity index (χ2v) is 6.75. The van der Waals surface area contributed by atoms with Crippen molar-refractivity contribution in [2.45, 2.75) is 33.2 Å². The first-order valence-electron chi connectivity index (χ1n) is 8.46.